The monoisotopic (exact) mass is 231 g/mol. The van der Waals surface area contributed by atoms with Gasteiger partial charge in [0, 0.05) is 12.6 Å². The van der Waals surface area contributed by atoms with Gasteiger partial charge in [-0.15, -0.1) is 0 Å². The zero-order valence-corrected chi connectivity index (χ0v) is 8.07. The third-order valence-electron chi connectivity index (χ3n) is 2.04. The third kappa shape index (κ3) is 1.99. The first kappa shape index (κ1) is 10.9. The molecule has 0 fully saturated rings. The predicted octanol–water partition coefficient (Wildman–Crippen LogP) is 1.28. The fourth-order valence-electron chi connectivity index (χ4n) is 1.30. The van der Waals surface area contributed by atoms with Crippen LogP contribution in [0.1, 0.15) is 11.4 Å². The molecule has 0 aromatic carbocycles. The van der Waals surface area contributed by atoms with Crippen molar-refractivity contribution in [1.82, 2.24) is 14.6 Å². The normalized spacial score (nSPS) is 12.2. The summed E-state index contributed by atoms with van der Waals surface area (Å²) in [4.78, 5) is 3.95. The molecule has 0 aliphatic heterocycles. The van der Waals surface area contributed by atoms with Crippen LogP contribution in [0.25, 0.3) is 5.65 Å². The first-order chi connectivity index (χ1) is 7.50. The zero-order chi connectivity index (χ0) is 11.8. The van der Waals surface area contributed by atoms with E-state index in [0.29, 0.717) is 11.5 Å². The minimum absolute atomic E-state index is 0.136. The topological polar surface area (TPSA) is 50.4 Å². The molecule has 0 aliphatic carbocycles. The molecule has 1 N–H and O–H groups in total. The predicted molar refractivity (Wildman–Crippen MR) is 48.8 cm³/mol. The Morgan fingerprint density at radius 2 is 2.06 bits per heavy atom. The summed E-state index contributed by atoms with van der Waals surface area (Å²) in [5, 5.41) is 12.5. The lowest BCUT2D eigenvalue weighted by atomic mass is 10.3. The molecule has 0 unspecified atom stereocenters. The van der Waals surface area contributed by atoms with E-state index in [-0.39, 0.29) is 13.0 Å². The molecule has 0 atom stereocenters. The zero-order valence-electron chi connectivity index (χ0n) is 8.07. The van der Waals surface area contributed by atoms with Crippen molar-refractivity contribution in [1.29, 1.82) is 0 Å². The largest absolute Gasteiger partial charge is 0.417 e. The molecule has 4 nitrogen and oxygen atoms in total. The highest BCUT2D eigenvalue weighted by molar-refractivity contribution is 5.39. The second-order valence-electron chi connectivity index (χ2n) is 3.22. The van der Waals surface area contributed by atoms with Crippen LogP contribution in [0.15, 0.2) is 18.3 Å². The van der Waals surface area contributed by atoms with Gasteiger partial charge in [-0.05, 0) is 12.1 Å². The molecule has 0 saturated heterocycles. The molecule has 86 valence electrons. The Balaban J connectivity index is 2.46. The maximum atomic E-state index is 12.4. The number of nitrogens with zero attached hydrogens (tertiary/aromatic N) is 3. The standard InChI is InChI=1S/C9H8F3N3O/c10-9(11,12)6-1-2-8-13-7(3-4-16)14-15(8)5-6/h1-2,5,16H,3-4H2. The van der Waals surface area contributed by atoms with Gasteiger partial charge in [0.1, 0.15) is 0 Å². The molecule has 0 aliphatic rings. The average Bonchev–Trinajstić information content (AvgIpc) is 2.57. The maximum absolute atomic E-state index is 12.4. The lowest BCUT2D eigenvalue weighted by Gasteiger charge is -2.05. The molecule has 2 rings (SSSR count). The summed E-state index contributed by atoms with van der Waals surface area (Å²) in [5.41, 5.74) is -0.447. The molecule has 2 heterocycles. The van der Waals surface area contributed by atoms with Crippen LogP contribution in [0.4, 0.5) is 13.2 Å². The first-order valence-corrected chi connectivity index (χ1v) is 4.54. The lowest BCUT2D eigenvalue weighted by Crippen LogP contribution is -2.06. The SMILES string of the molecule is OCCc1nc2ccc(C(F)(F)F)cn2n1. The van der Waals surface area contributed by atoms with Gasteiger partial charge >= 0.3 is 6.18 Å². The molecular weight excluding hydrogens is 223 g/mol. The minimum Gasteiger partial charge on any atom is -0.396 e. The van der Waals surface area contributed by atoms with E-state index in [2.05, 4.69) is 10.1 Å². The fraction of sp³-hybridized carbons (Fsp3) is 0.333. The third-order valence-corrected chi connectivity index (χ3v) is 2.04. The molecule has 16 heavy (non-hydrogen) atoms. The van der Waals surface area contributed by atoms with Crippen molar-refractivity contribution in [2.75, 3.05) is 6.61 Å². The van der Waals surface area contributed by atoms with Crippen LogP contribution in [-0.4, -0.2) is 26.3 Å². The van der Waals surface area contributed by atoms with Crippen molar-refractivity contribution in [3.8, 4) is 0 Å². The van der Waals surface area contributed by atoms with E-state index in [1.54, 1.807) is 0 Å². The number of alkyl halides is 3. The van der Waals surface area contributed by atoms with Crippen molar-refractivity contribution in [3.05, 3.63) is 29.7 Å². The molecule has 2 aromatic heterocycles. The van der Waals surface area contributed by atoms with E-state index in [9.17, 15) is 13.2 Å². The smallest absolute Gasteiger partial charge is 0.396 e. The molecule has 2 aromatic rings. The Labute approximate surface area is 88.3 Å². The maximum Gasteiger partial charge on any atom is 0.417 e. The van der Waals surface area contributed by atoms with E-state index in [1.165, 1.54) is 6.07 Å². The number of fused-ring (bicyclic) bond motifs is 1. The van der Waals surface area contributed by atoms with Crippen molar-refractivity contribution in [2.24, 2.45) is 0 Å². The Kier molecular flexibility index (Phi) is 2.55. The Hall–Kier alpha value is -1.63. The van der Waals surface area contributed by atoms with Crippen LogP contribution in [0.2, 0.25) is 0 Å². The van der Waals surface area contributed by atoms with Gasteiger partial charge in [-0.2, -0.15) is 18.3 Å². The number of pyridine rings is 1. The lowest BCUT2D eigenvalue weighted by molar-refractivity contribution is -0.137. The first-order valence-electron chi connectivity index (χ1n) is 4.54. The van der Waals surface area contributed by atoms with E-state index >= 15 is 0 Å². The van der Waals surface area contributed by atoms with Gasteiger partial charge in [0.25, 0.3) is 0 Å². The van der Waals surface area contributed by atoms with E-state index in [1.807, 2.05) is 0 Å². The number of aromatic nitrogens is 3. The highest BCUT2D eigenvalue weighted by atomic mass is 19.4. The van der Waals surface area contributed by atoms with Crippen molar-refractivity contribution >= 4 is 5.65 Å². The van der Waals surface area contributed by atoms with Crippen LogP contribution in [0.5, 0.6) is 0 Å². The van der Waals surface area contributed by atoms with Gasteiger partial charge in [0.2, 0.25) is 0 Å². The molecule has 0 spiro atoms. The van der Waals surface area contributed by atoms with Gasteiger partial charge in [0.05, 0.1) is 12.2 Å². The average molecular weight is 231 g/mol. The highest BCUT2D eigenvalue weighted by Crippen LogP contribution is 2.28. The van der Waals surface area contributed by atoms with Crippen molar-refractivity contribution in [2.45, 2.75) is 12.6 Å². The van der Waals surface area contributed by atoms with Gasteiger partial charge in [-0.1, -0.05) is 0 Å². The number of hydrogen-bond acceptors (Lipinski definition) is 3. The minimum atomic E-state index is -4.39. The summed E-state index contributed by atoms with van der Waals surface area (Å²) in [7, 11) is 0. The molecule has 7 heteroatoms. The van der Waals surface area contributed by atoms with Gasteiger partial charge < -0.3 is 5.11 Å². The van der Waals surface area contributed by atoms with Crippen molar-refractivity contribution < 1.29 is 18.3 Å². The number of rotatable bonds is 2. The number of aliphatic hydroxyl groups excluding tert-OH is 1. The van der Waals surface area contributed by atoms with Crippen LogP contribution in [0, 0.1) is 0 Å². The number of halogens is 3. The number of aliphatic hydroxyl groups is 1. The van der Waals surface area contributed by atoms with Gasteiger partial charge in [-0.25, -0.2) is 9.50 Å². The summed E-state index contributed by atoms with van der Waals surface area (Å²) < 4.78 is 38.2. The van der Waals surface area contributed by atoms with Crippen LogP contribution < -0.4 is 0 Å². The molecule has 0 bridgehead atoms. The second kappa shape index (κ2) is 3.75. The van der Waals surface area contributed by atoms with E-state index < -0.39 is 11.7 Å². The van der Waals surface area contributed by atoms with Gasteiger partial charge in [0.15, 0.2) is 11.5 Å². The summed E-state index contributed by atoms with van der Waals surface area (Å²) in [6, 6.07) is 2.20. The van der Waals surface area contributed by atoms with Crippen LogP contribution in [-0.2, 0) is 12.6 Å². The van der Waals surface area contributed by atoms with E-state index in [0.717, 1.165) is 16.8 Å². The Bertz CT molecular complexity index is 506. The van der Waals surface area contributed by atoms with Crippen molar-refractivity contribution in [3.63, 3.8) is 0 Å². The molecular formula is C9H8F3N3O. The van der Waals surface area contributed by atoms with E-state index in [4.69, 9.17) is 5.11 Å². The summed E-state index contributed by atoms with van der Waals surface area (Å²) in [6.07, 6.45) is -3.29. The quantitative estimate of drug-likeness (QED) is 0.847. The number of hydrogen-bond donors (Lipinski definition) is 1. The summed E-state index contributed by atoms with van der Waals surface area (Å²) >= 11 is 0. The second-order valence-corrected chi connectivity index (χ2v) is 3.22. The molecule has 0 amide bonds. The summed E-state index contributed by atoms with van der Waals surface area (Å²) in [5.74, 6) is 0.321. The van der Waals surface area contributed by atoms with Crippen LogP contribution >= 0.6 is 0 Å². The molecule has 0 radical (unpaired) electrons. The highest BCUT2D eigenvalue weighted by Gasteiger charge is 2.31. The van der Waals surface area contributed by atoms with Gasteiger partial charge in [-0.3, -0.25) is 0 Å². The molecule has 0 saturated carbocycles. The fourth-order valence-corrected chi connectivity index (χ4v) is 1.30. The Morgan fingerprint density at radius 1 is 1.31 bits per heavy atom. The van der Waals surface area contributed by atoms with Crippen LogP contribution in [0.3, 0.4) is 0 Å². The summed E-state index contributed by atoms with van der Waals surface area (Å²) in [6.45, 7) is -0.136. The Morgan fingerprint density at radius 3 is 2.69 bits per heavy atom.